The van der Waals surface area contributed by atoms with E-state index < -0.39 is 11.4 Å². The highest BCUT2D eigenvalue weighted by molar-refractivity contribution is 5.69. The molecular weight excluding hydrogens is 413 g/mol. The average Bonchev–Trinajstić information content (AvgIpc) is 3.00. The lowest BCUT2D eigenvalue weighted by molar-refractivity contribution is -0.0814. The van der Waals surface area contributed by atoms with Crippen LogP contribution in [-0.4, -0.2) is 52.0 Å². The third-order valence-corrected chi connectivity index (χ3v) is 6.52. The van der Waals surface area contributed by atoms with Crippen molar-refractivity contribution in [1.82, 2.24) is 9.88 Å². The summed E-state index contributed by atoms with van der Waals surface area (Å²) in [5.74, 6) is -0.345. The van der Waals surface area contributed by atoms with Gasteiger partial charge in [0.25, 0.3) is 0 Å². The van der Waals surface area contributed by atoms with Crippen LogP contribution in [0.4, 0.5) is 9.18 Å². The molecular formula is C24H32FN3O4. The summed E-state index contributed by atoms with van der Waals surface area (Å²) in [5, 5.41) is 9.16. The largest absolute Gasteiger partial charge is 0.473 e. The Labute approximate surface area is 188 Å². The predicted molar refractivity (Wildman–Crippen MR) is 115 cm³/mol. The van der Waals surface area contributed by atoms with E-state index in [1.807, 2.05) is 31.7 Å². The van der Waals surface area contributed by atoms with Gasteiger partial charge in [0.2, 0.25) is 5.88 Å². The minimum atomic E-state index is -0.544. The number of rotatable bonds is 4. The maximum atomic E-state index is 13.3. The molecule has 32 heavy (non-hydrogen) atoms. The van der Waals surface area contributed by atoms with E-state index in [9.17, 15) is 9.18 Å². The van der Waals surface area contributed by atoms with Crippen molar-refractivity contribution < 1.29 is 23.4 Å². The van der Waals surface area contributed by atoms with Crippen molar-refractivity contribution >= 4 is 6.09 Å². The van der Waals surface area contributed by atoms with Crippen LogP contribution in [0.25, 0.3) is 0 Å². The van der Waals surface area contributed by atoms with Gasteiger partial charge in [-0.1, -0.05) is 0 Å². The summed E-state index contributed by atoms with van der Waals surface area (Å²) in [6, 6.07) is 3.48. The number of amides is 1. The molecule has 0 N–H and O–H groups in total. The van der Waals surface area contributed by atoms with Crippen LogP contribution in [0.15, 0.2) is 12.3 Å². The zero-order chi connectivity index (χ0) is 22.9. The number of nitriles is 1. The van der Waals surface area contributed by atoms with Crippen LogP contribution >= 0.6 is 0 Å². The van der Waals surface area contributed by atoms with Gasteiger partial charge in [-0.15, -0.1) is 0 Å². The second kappa shape index (κ2) is 9.22. The maximum absolute atomic E-state index is 13.3. The summed E-state index contributed by atoms with van der Waals surface area (Å²) in [7, 11) is 0. The van der Waals surface area contributed by atoms with Gasteiger partial charge in [0.15, 0.2) is 0 Å². The van der Waals surface area contributed by atoms with Gasteiger partial charge in [0.1, 0.15) is 29.2 Å². The zero-order valence-corrected chi connectivity index (χ0v) is 19.1. The first-order valence-corrected chi connectivity index (χ1v) is 11.6. The number of aromatic nitrogens is 1. The van der Waals surface area contributed by atoms with Gasteiger partial charge in [-0.05, 0) is 78.2 Å². The molecule has 2 saturated heterocycles. The first-order chi connectivity index (χ1) is 15.2. The van der Waals surface area contributed by atoms with Gasteiger partial charge in [-0.2, -0.15) is 5.26 Å². The molecule has 1 aromatic rings. The third-order valence-electron chi connectivity index (χ3n) is 6.52. The first-order valence-electron chi connectivity index (χ1n) is 11.6. The van der Waals surface area contributed by atoms with Crippen LogP contribution < -0.4 is 4.74 Å². The number of piperidine rings is 1. The Morgan fingerprint density at radius 2 is 1.72 bits per heavy atom. The fraction of sp³-hybridized carbons (Fsp3) is 0.708. The molecule has 3 atom stereocenters. The summed E-state index contributed by atoms with van der Waals surface area (Å²) in [4.78, 5) is 18.5. The molecule has 0 radical (unpaired) electrons. The summed E-state index contributed by atoms with van der Waals surface area (Å²) in [6.45, 7) is 5.70. The van der Waals surface area contributed by atoms with Gasteiger partial charge < -0.3 is 19.1 Å². The Bertz CT molecular complexity index is 859. The van der Waals surface area contributed by atoms with Crippen molar-refractivity contribution in [3.8, 4) is 11.9 Å². The van der Waals surface area contributed by atoms with E-state index in [1.165, 1.54) is 0 Å². The highest BCUT2D eigenvalue weighted by Crippen LogP contribution is 2.39. The molecule has 1 unspecified atom stereocenters. The van der Waals surface area contributed by atoms with Gasteiger partial charge in [-0.25, -0.2) is 14.2 Å². The van der Waals surface area contributed by atoms with E-state index in [0.29, 0.717) is 0 Å². The van der Waals surface area contributed by atoms with Crippen LogP contribution in [0.2, 0.25) is 0 Å². The Morgan fingerprint density at radius 1 is 1.09 bits per heavy atom. The van der Waals surface area contributed by atoms with Gasteiger partial charge in [0, 0.05) is 12.1 Å². The lowest BCUT2D eigenvalue weighted by Gasteiger charge is -2.41. The van der Waals surface area contributed by atoms with E-state index >= 15 is 0 Å². The SMILES string of the molecule is CC(C)(C)OC(=O)N1[C@@H]2CC[C@H]1CC(OC1CCC(Oc3ncc(F)cc3C#N)CC1)C2. The van der Waals surface area contributed by atoms with Gasteiger partial charge in [-0.3, -0.25) is 0 Å². The van der Waals surface area contributed by atoms with Crippen molar-refractivity contribution in [2.45, 2.75) is 108 Å². The minimum Gasteiger partial charge on any atom is -0.473 e. The topological polar surface area (TPSA) is 84.7 Å². The zero-order valence-electron chi connectivity index (χ0n) is 19.1. The lowest BCUT2D eigenvalue weighted by atomic mass is 9.93. The summed E-state index contributed by atoms with van der Waals surface area (Å²) in [5.41, 5.74) is -0.363. The van der Waals surface area contributed by atoms with E-state index in [-0.39, 0.29) is 47.9 Å². The van der Waals surface area contributed by atoms with Crippen LogP contribution in [0.1, 0.15) is 77.7 Å². The number of hydrogen-bond donors (Lipinski definition) is 0. The Hall–Kier alpha value is -2.40. The fourth-order valence-electron chi connectivity index (χ4n) is 5.17. The summed E-state index contributed by atoms with van der Waals surface area (Å²) < 4.78 is 31.2. The molecule has 0 aromatic carbocycles. The Morgan fingerprint density at radius 3 is 2.31 bits per heavy atom. The number of ether oxygens (including phenoxy) is 3. The molecule has 4 rings (SSSR count). The number of carbonyl (C=O) groups excluding carboxylic acids is 1. The molecule has 1 saturated carbocycles. The summed E-state index contributed by atoms with van der Waals surface area (Å²) >= 11 is 0. The second-order valence-electron chi connectivity index (χ2n) is 10.1. The second-order valence-corrected chi connectivity index (χ2v) is 10.1. The van der Waals surface area contributed by atoms with E-state index in [1.54, 1.807) is 0 Å². The molecule has 3 heterocycles. The molecule has 2 aliphatic heterocycles. The number of fused-ring (bicyclic) bond motifs is 2. The van der Waals surface area contributed by atoms with Gasteiger partial charge >= 0.3 is 6.09 Å². The predicted octanol–water partition coefficient (Wildman–Crippen LogP) is 4.73. The van der Waals surface area contributed by atoms with E-state index in [4.69, 9.17) is 19.5 Å². The number of hydrogen-bond acceptors (Lipinski definition) is 6. The molecule has 0 spiro atoms. The van der Waals surface area contributed by atoms with E-state index in [2.05, 4.69) is 4.98 Å². The standard InChI is InChI=1S/C24H32FN3O4/c1-24(2,3)32-23(29)28-17-4-5-18(28)12-21(11-17)30-19-6-8-20(9-7-19)31-22-15(13-26)10-16(25)14-27-22/h10,14,17-21H,4-9,11-12H2,1-3H3/t17-,18+,19?,20?,21?. The van der Waals surface area contributed by atoms with Crippen LogP contribution in [-0.2, 0) is 9.47 Å². The van der Waals surface area contributed by atoms with Crippen molar-refractivity contribution in [2.75, 3.05) is 0 Å². The molecule has 3 aliphatic rings. The molecule has 174 valence electrons. The molecule has 2 bridgehead atoms. The quantitative estimate of drug-likeness (QED) is 0.666. The molecule has 1 aliphatic carbocycles. The number of halogens is 1. The molecule has 1 amide bonds. The average molecular weight is 446 g/mol. The number of nitrogens with zero attached hydrogens (tertiary/aromatic N) is 3. The lowest BCUT2D eigenvalue weighted by Crippen LogP contribution is -2.50. The monoisotopic (exact) mass is 445 g/mol. The summed E-state index contributed by atoms with van der Waals surface area (Å²) in [6.07, 6.45) is 8.24. The fourth-order valence-corrected chi connectivity index (χ4v) is 5.17. The van der Waals surface area contributed by atoms with Crippen molar-refractivity contribution in [3.63, 3.8) is 0 Å². The minimum absolute atomic E-state index is 0.0508. The highest BCUT2D eigenvalue weighted by Gasteiger charge is 2.45. The normalized spacial score (nSPS) is 30.0. The van der Waals surface area contributed by atoms with Crippen LogP contribution in [0.3, 0.4) is 0 Å². The molecule has 3 fully saturated rings. The Kier molecular flexibility index (Phi) is 6.57. The Balaban J connectivity index is 1.25. The van der Waals surface area contributed by atoms with Crippen molar-refractivity contribution in [3.05, 3.63) is 23.6 Å². The number of pyridine rings is 1. The molecule has 7 nitrogen and oxygen atoms in total. The van der Waals surface area contributed by atoms with Crippen LogP contribution in [0.5, 0.6) is 5.88 Å². The van der Waals surface area contributed by atoms with Crippen molar-refractivity contribution in [1.29, 1.82) is 5.26 Å². The number of carbonyl (C=O) groups is 1. The molecule has 8 heteroatoms. The highest BCUT2D eigenvalue weighted by atomic mass is 19.1. The first kappa shape index (κ1) is 22.8. The van der Waals surface area contributed by atoms with Crippen molar-refractivity contribution in [2.24, 2.45) is 0 Å². The van der Waals surface area contributed by atoms with Crippen LogP contribution in [0, 0.1) is 17.1 Å². The maximum Gasteiger partial charge on any atom is 0.410 e. The van der Waals surface area contributed by atoms with E-state index in [0.717, 1.165) is 63.6 Å². The van der Waals surface area contributed by atoms with Gasteiger partial charge in [0.05, 0.1) is 18.4 Å². The smallest absolute Gasteiger partial charge is 0.410 e. The third kappa shape index (κ3) is 5.32. The molecule has 1 aromatic heterocycles.